The van der Waals surface area contributed by atoms with Crippen LogP contribution in [0.5, 0.6) is 0 Å². The van der Waals surface area contributed by atoms with Crippen molar-refractivity contribution < 1.29 is 14.3 Å². The van der Waals surface area contributed by atoms with E-state index >= 15 is 0 Å². The number of carboxylic acids is 1. The summed E-state index contributed by atoms with van der Waals surface area (Å²) in [6, 6.07) is 4.64. The van der Waals surface area contributed by atoms with Gasteiger partial charge < -0.3 is 5.11 Å². The lowest BCUT2D eigenvalue weighted by molar-refractivity contribution is -0.136. The Morgan fingerprint density at radius 2 is 2.23 bits per heavy atom. The van der Waals surface area contributed by atoms with E-state index in [0.29, 0.717) is 9.99 Å². The van der Waals surface area contributed by atoms with E-state index in [2.05, 4.69) is 0 Å². The molecule has 2 nitrogen and oxygen atoms in total. The van der Waals surface area contributed by atoms with Gasteiger partial charge >= 0.3 is 5.97 Å². The van der Waals surface area contributed by atoms with E-state index in [0.717, 1.165) is 5.56 Å². The monoisotopic (exact) mass is 294 g/mol. The molecule has 0 bridgehead atoms. The summed E-state index contributed by atoms with van der Waals surface area (Å²) in [5.74, 6) is -1.10. The fourth-order valence-corrected chi connectivity index (χ4v) is 1.53. The van der Waals surface area contributed by atoms with Crippen LogP contribution < -0.4 is 0 Å². The lowest BCUT2D eigenvalue weighted by Crippen LogP contribution is -1.98. The number of aryl methyl sites for hydroxylation is 1. The molecule has 1 aromatic carbocycles. The molecule has 0 saturated heterocycles. The van der Waals surface area contributed by atoms with Crippen LogP contribution >= 0.6 is 22.6 Å². The van der Waals surface area contributed by atoms with Crippen LogP contribution in [-0.4, -0.2) is 11.1 Å². The summed E-state index contributed by atoms with van der Waals surface area (Å²) in [5, 5.41) is 8.42. The van der Waals surface area contributed by atoms with Crippen molar-refractivity contribution in [3.05, 3.63) is 33.1 Å². The third-order valence-electron chi connectivity index (χ3n) is 1.61. The van der Waals surface area contributed by atoms with Crippen molar-refractivity contribution in [2.75, 3.05) is 0 Å². The van der Waals surface area contributed by atoms with Gasteiger partial charge in [-0.05, 0) is 46.7 Å². The zero-order chi connectivity index (χ0) is 9.84. The fraction of sp³-hybridized carbons (Fsp3) is 0.222. The zero-order valence-electron chi connectivity index (χ0n) is 6.76. The van der Waals surface area contributed by atoms with Gasteiger partial charge in [0.05, 0.1) is 0 Å². The predicted molar refractivity (Wildman–Crippen MR) is 55.1 cm³/mol. The van der Waals surface area contributed by atoms with Crippen LogP contribution in [0.25, 0.3) is 0 Å². The molecule has 1 aromatic rings. The SMILES string of the molecule is O=C(O)CCc1ccc(F)c(I)c1. The maximum Gasteiger partial charge on any atom is 0.303 e. The Kier molecular flexibility index (Phi) is 3.65. The Morgan fingerprint density at radius 1 is 1.54 bits per heavy atom. The zero-order valence-corrected chi connectivity index (χ0v) is 8.92. The lowest BCUT2D eigenvalue weighted by Gasteiger charge is -2.00. The van der Waals surface area contributed by atoms with Gasteiger partial charge in [0, 0.05) is 9.99 Å². The molecule has 0 aliphatic rings. The highest BCUT2D eigenvalue weighted by molar-refractivity contribution is 14.1. The number of aliphatic carboxylic acids is 1. The van der Waals surface area contributed by atoms with Gasteiger partial charge in [-0.15, -0.1) is 0 Å². The van der Waals surface area contributed by atoms with Crippen LogP contribution in [0.2, 0.25) is 0 Å². The van der Waals surface area contributed by atoms with E-state index in [1.165, 1.54) is 6.07 Å². The molecule has 0 amide bonds. The smallest absolute Gasteiger partial charge is 0.303 e. The second-order valence-electron chi connectivity index (χ2n) is 2.64. The van der Waals surface area contributed by atoms with Crippen molar-refractivity contribution in [3.63, 3.8) is 0 Å². The van der Waals surface area contributed by atoms with Crippen LogP contribution in [0, 0.1) is 9.39 Å². The summed E-state index contributed by atoms with van der Waals surface area (Å²) >= 11 is 1.88. The van der Waals surface area contributed by atoms with E-state index in [1.54, 1.807) is 12.1 Å². The molecule has 70 valence electrons. The van der Waals surface area contributed by atoms with E-state index in [9.17, 15) is 9.18 Å². The molecule has 1 N–H and O–H groups in total. The predicted octanol–water partition coefficient (Wildman–Crippen LogP) is 2.45. The van der Waals surface area contributed by atoms with Gasteiger partial charge in [0.15, 0.2) is 0 Å². The van der Waals surface area contributed by atoms with Gasteiger partial charge in [0.1, 0.15) is 5.82 Å². The van der Waals surface area contributed by atoms with Gasteiger partial charge in [-0.3, -0.25) is 4.79 Å². The van der Waals surface area contributed by atoms with Crippen LogP contribution in [0.4, 0.5) is 4.39 Å². The Bertz CT molecular complexity index is 325. The maximum absolute atomic E-state index is 12.8. The van der Waals surface area contributed by atoms with Gasteiger partial charge in [-0.2, -0.15) is 0 Å². The average Bonchev–Trinajstić information content (AvgIpc) is 2.07. The molecule has 0 spiro atoms. The largest absolute Gasteiger partial charge is 0.481 e. The first-order valence-corrected chi connectivity index (χ1v) is 4.83. The van der Waals surface area contributed by atoms with Gasteiger partial charge in [0.25, 0.3) is 0 Å². The number of hydrogen-bond donors (Lipinski definition) is 1. The van der Waals surface area contributed by atoms with Crippen molar-refractivity contribution in [3.8, 4) is 0 Å². The molecule has 0 aliphatic heterocycles. The minimum Gasteiger partial charge on any atom is -0.481 e. The Hall–Kier alpha value is -0.650. The molecule has 0 fully saturated rings. The molecule has 0 heterocycles. The number of carbonyl (C=O) groups is 1. The van der Waals surface area contributed by atoms with Gasteiger partial charge in [-0.1, -0.05) is 6.07 Å². The average molecular weight is 294 g/mol. The first-order valence-electron chi connectivity index (χ1n) is 3.75. The topological polar surface area (TPSA) is 37.3 Å². The summed E-state index contributed by atoms with van der Waals surface area (Å²) in [7, 11) is 0. The summed E-state index contributed by atoms with van der Waals surface area (Å²) < 4.78 is 13.3. The van der Waals surface area contributed by atoms with Crippen LogP contribution in [-0.2, 0) is 11.2 Å². The summed E-state index contributed by atoms with van der Waals surface area (Å²) in [6.45, 7) is 0. The molecule has 0 saturated carbocycles. The standard InChI is InChI=1S/C9H8FIO2/c10-7-3-1-6(5-8(7)11)2-4-9(12)13/h1,3,5H,2,4H2,(H,12,13). The van der Waals surface area contributed by atoms with Crippen molar-refractivity contribution in [1.29, 1.82) is 0 Å². The first kappa shape index (κ1) is 10.4. The van der Waals surface area contributed by atoms with Crippen molar-refractivity contribution in [1.82, 2.24) is 0 Å². The van der Waals surface area contributed by atoms with Gasteiger partial charge in [-0.25, -0.2) is 4.39 Å². The Morgan fingerprint density at radius 3 is 2.77 bits per heavy atom. The highest BCUT2D eigenvalue weighted by Crippen LogP contribution is 2.13. The highest BCUT2D eigenvalue weighted by atomic mass is 127. The number of carboxylic acid groups (broad SMARTS) is 1. The van der Waals surface area contributed by atoms with Crippen LogP contribution in [0.1, 0.15) is 12.0 Å². The molecular weight excluding hydrogens is 286 g/mol. The second kappa shape index (κ2) is 4.55. The van der Waals surface area contributed by atoms with E-state index in [1.807, 2.05) is 22.6 Å². The highest BCUT2D eigenvalue weighted by Gasteiger charge is 2.02. The molecule has 0 aromatic heterocycles. The normalized spacial score (nSPS) is 10.0. The number of halogens is 2. The van der Waals surface area contributed by atoms with Crippen LogP contribution in [0.3, 0.4) is 0 Å². The molecule has 0 atom stereocenters. The summed E-state index contributed by atoms with van der Waals surface area (Å²) in [4.78, 5) is 10.2. The molecule has 1 rings (SSSR count). The van der Waals surface area contributed by atoms with E-state index < -0.39 is 5.97 Å². The Labute approximate surface area is 88.9 Å². The molecular formula is C9H8FIO2. The number of benzene rings is 1. The van der Waals surface area contributed by atoms with Crippen molar-refractivity contribution in [2.24, 2.45) is 0 Å². The quantitative estimate of drug-likeness (QED) is 0.869. The van der Waals surface area contributed by atoms with Crippen LogP contribution in [0.15, 0.2) is 18.2 Å². The third kappa shape index (κ3) is 3.30. The fourth-order valence-electron chi connectivity index (χ4n) is 0.946. The summed E-state index contributed by atoms with van der Waals surface area (Å²) in [6.07, 6.45) is 0.535. The van der Waals surface area contributed by atoms with Crippen molar-refractivity contribution in [2.45, 2.75) is 12.8 Å². The molecule has 4 heteroatoms. The minimum atomic E-state index is -0.834. The Balaban J connectivity index is 2.68. The molecule has 0 unspecified atom stereocenters. The molecule has 13 heavy (non-hydrogen) atoms. The van der Waals surface area contributed by atoms with Crippen molar-refractivity contribution >= 4 is 28.6 Å². The molecule has 0 aliphatic carbocycles. The van der Waals surface area contributed by atoms with E-state index in [-0.39, 0.29) is 12.2 Å². The third-order valence-corrected chi connectivity index (χ3v) is 2.44. The van der Waals surface area contributed by atoms with E-state index in [4.69, 9.17) is 5.11 Å². The number of hydrogen-bond acceptors (Lipinski definition) is 1. The molecule has 0 radical (unpaired) electrons. The number of rotatable bonds is 3. The summed E-state index contributed by atoms with van der Waals surface area (Å²) in [5.41, 5.74) is 0.855. The minimum absolute atomic E-state index is 0.0850. The van der Waals surface area contributed by atoms with Gasteiger partial charge in [0.2, 0.25) is 0 Å². The maximum atomic E-state index is 12.8. The first-order chi connectivity index (χ1) is 6.09. The second-order valence-corrected chi connectivity index (χ2v) is 3.80. The lowest BCUT2D eigenvalue weighted by atomic mass is 10.1.